The van der Waals surface area contributed by atoms with Crippen LogP contribution in [-0.4, -0.2) is 22.1 Å². The molecule has 74 valence electrons. The first-order valence-corrected chi connectivity index (χ1v) is 4.43. The number of nitrogens with two attached hydrogens (primary N) is 1. The van der Waals surface area contributed by atoms with Crippen molar-refractivity contribution in [3.8, 4) is 0 Å². The number of nitrogens with zero attached hydrogens (tertiary/aromatic N) is 1. The van der Waals surface area contributed by atoms with Crippen molar-refractivity contribution in [2.24, 2.45) is 0 Å². The number of aromatic nitrogens is 1. The van der Waals surface area contributed by atoms with Crippen molar-refractivity contribution in [1.29, 1.82) is 0 Å². The van der Waals surface area contributed by atoms with Crippen LogP contribution in [0.2, 0.25) is 0 Å². The van der Waals surface area contributed by atoms with E-state index >= 15 is 0 Å². The van der Waals surface area contributed by atoms with Gasteiger partial charge in [0.05, 0.1) is 11.3 Å². The van der Waals surface area contributed by atoms with Gasteiger partial charge in [-0.25, -0.2) is 9.78 Å². The van der Waals surface area contributed by atoms with Crippen LogP contribution in [0.4, 0.5) is 11.5 Å². The molecule has 5 nitrogen and oxygen atoms in total. The molecule has 0 atom stereocenters. The van der Waals surface area contributed by atoms with E-state index in [9.17, 15) is 4.79 Å². The largest absolute Gasteiger partial charge is 0.478 e. The predicted octanol–water partition coefficient (Wildman–Crippen LogP) is 0.936. The molecule has 0 unspecified atom stereocenters. The van der Waals surface area contributed by atoms with E-state index in [4.69, 9.17) is 10.8 Å². The molecular weight excluding hydrogens is 182 g/mol. The summed E-state index contributed by atoms with van der Waals surface area (Å²) in [5.74, 6) is -0.545. The van der Waals surface area contributed by atoms with Crippen molar-refractivity contribution in [2.45, 2.75) is 18.9 Å². The van der Waals surface area contributed by atoms with E-state index < -0.39 is 5.97 Å². The number of nitrogens with one attached hydrogen (secondary N) is 1. The molecule has 1 aliphatic carbocycles. The Morgan fingerprint density at radius 1 is 1.64 bits per heavy atom. The van der Waals surface area contributed by atoms with Crippen LogP contribution in [0.3, 0.4) is 0 Å². The van der Waals surface area contributed by atoms with Crippen molar-refractivity contribution < 1.29 is 9.90 Å². The van der Waals surface area contributed by atoms with Crippen molar-refractivity contribution in [3.05, 3.63) is 17.8 Å². The fourth-order valence-corrected chi connectivity index (χ4v) is 1.20. The number of carbonyl (C=O) groups is 1. The molecule has 0 saturated heterocycles. The van der Waals surface area contributed by atoms with Gasteiger partial charge in [0.25, 0.3) is 0 Å². The smallest absolute Gasteiger partial charge is 0.337 e. The molecule has 0 amide bonds. The first-order chi connectivity index (χ1) is 6.68. The molecule has 1 saturated carbocycles. The number of anilines is 2. The first kappa shape index (κ1) is 8.80. The molecule has 1 fully saturated rings. The summed E-state index contributed by atoms with van der Waals surface area (Å²) in [6.45, 7) is 0. The van der Waals surface area contributed by atoms with E-state index in [0.717, 1.165) is 12.8 Å². The first-order valence-electron chi connectivity index (χ1n) is 4.43. The van der Waals surface area contributed by atoms with Gasteiger partial charge in [0.1, 0.15) is 5.82 Å². The summed E-state index contributed by atoms with van der Waals surface area (Å²) in [4.78, 5) is 14.7. The molecule has 1 heterocycles. The van der Waals surface area contributed by atoms with Gasteiger partial charge in [-0.05, 0) is 18.9 Å². The van der Waals surface area contributed by atoms with Gasteiger partial charge in [0.15, 0.2) is 0 Å². The number of aromatic carboxylic acids is 1. The Morgan fingerprint density at radius 2 is 2.36 bits per heavy atom. The fourth-order valence-electron chi connectivity index (χ4n) is 1.20. The molecule has 0 aliphatic heterocycles. The third kappa shape index (κ3) is 1.61. The van der Waals surface area contributed by atoms with Gasteiger partial charge in [0, 0.05) is 12.2 Å². The van der Waals surface area contributed by atoms with Crippen molar-refractivity contribution in [3.63, 3.8) is 0 Å². The third-order valence-electron chi connectivity index (χ3n) is 2.14. The number of carboxylic acid groups (broad SMARTS) is 1. The highest BCUT2D eigenvalue weighted by Gasteiger charge is 2.23. The lowest BCUT2D eigenvalue weighted by Gasteiger charge is -2.08. The summed E-state index contributed by atoms with van der Waals surface area (Å²) < 4.78 is 0. The Balaban J connectivity index is 2.30. The van der Waals surface area contributed by atoms with Crippen LogP contribution in [0.1, 0.15) is 23.2 Å². The Labute approximate surface area is 81.0 Å². The summed E-state index contributed by atoms with van der Waals surface area (Å²) in [6.07, 6.45) is 3.64. The lowest BCUT2D eigenvalue weighted by molar-refractivity contribution is 0.0698. The molecule has 2 rings (SSSR count). The quantitative estimate of drug-likeness (QED) is 0.664. The number of pyridine rings is 1. The van der Waals surface area contributed by atoms with E-state index in [2.05, 4.69) is 10.3 Å². The van der Waals surface area contributed by atoms with Crippen molar-refractivity contribution in [1.82, 2.24) is 4.98 Å². The van der Waals surface area contributed by atoms with E-state index in [0.29, 0.717) is 11.9 Å². The normalized spacial score (nSPS) is 15.1. The number of nitrogen functional groups attached to an aromatic ring is 1. The molecule has 0 aromatic carbocycles. The van der Waals surface area contributed by atoms with Crippen LogP contribution in [0, 0.1) is 0 Å². The summed E-state index contributed by atoms with van der Waals surface area (Å²) in [5.41, 5.74) is 5.97. The van der Waals surface area contributed by atoms with Gasteiger partial charge < -0.3 is 16.2 Å². The SMILES string of the molecule is Nc1c(C(=O)O)ccnc1NC1CC1. The summed E-state index contributed by atoms with van der Waals surface area (Å²) >= 11 is 0. The van der Waals surface area contributed by atoms with E-state index in [1.54, 1.807) is 0 Å². The van der Waals surface area contributed by atoms with Gasteiger partial charge in [0.2, 0.25) is 0 Å². The molecule has 5 heteroatoms. The average molecular weight is 193 g/mol. The van der Waals surface area contributed by atoms with E-state index in [1.165, 1.54) is 12.3 Å². The maximum Gasteiger partial charge on any atom is 0.337 e. The average Bonchev–Trinajstić information content (AvgIpc) is 2.92. The topological polar surface area (TPSA) is 88.2 Å². The number of carboxylic acids is 1. The second kappa shape index (κ2) is 3.17. The molecule has 0 spiro atoms. The number of rotatable bonds is 3. The van der Waals surface area contributed by atoms with Crippen LogP contribution in [0.25, 0.3) is 0 Å². The molecule has 14 heavy (non-hydrogen) atoms. The Morgan fingerprint density at radius 3 is 2.93 bits per heavy atom. The van der Waals surface area contributed by atoms with Gasteiger partial charge in [-0.2, -0.15) is 0 Å². The second-order valence-corrected chi connectivity index (χ2v) is 3.34. The molecule has 0 bridgehead atoms. The second-order valence-electron chi connectivity index (χ2n) is 3.34. The fraction of sp³-hybridized carbons (Fsp3) is 0.333. The molecule has 4 N–H and O–H groups in total. The third-order valence-corrected chi connectivity index (χ3v) is 2.14. The number of hydrogen-bond donors (Lipinski definition) is 3. The summed E-state index contributed by atoms with van der Waals surface area (Å²) in [5, 5.41) is 11.9. The summed E-state index contributed by atoms with van der Waals surface area (Å²) in [7, 11) is 0. The van der Waals surface area contributed by atoms with Crippen molar-refractivity contribution >= 4 is 17.5 Å². The molecule has 1 aromatic heterocycles. The standard InChI is InChI=1S/C9H11N3O2/c10-7-6(9(13)14)3-4-11-8(7)12-5-1-2-5/h3-5H,1-2,10H2,(H,11,12)(H,13,14). The lowest BCUT2D eigenvalue weighted by atomic mass is 10.2. The highest BCUT2D eigenvalue weighted by atomic mass is 16.4. The summed E-state index contributed by atoms with van der Waals surface area (Å²) in [6, 6.07) is 1.81. The predicted molar refractivity (Wildman–Crippen MR) is 52.3 cm³/mol. The monoisotopic (exact) mass is 193 g/mol. The zero-order valence-electron chi connectivity index (χ0n) is 7.53. The van der Waals surface area contributed by atoms with E-state index in [-0.39, 0.29) is 11.3 Å². The minimum absolute atomic E-state index is 0.100. The Bertz CT molecular complexity index is 374. The zero-order valence-corrected chi connectivity index (χ0v) is 7.53. The van der Waals surface area contributed by atoms with Gasteiger partial charge >= 0.3 is 5.97 Å². The van der Waals surface area contributed by atoms with Crippen LogP contribution in [-0.2, 0) is 0 Å². The highest BCUT2D eigenvalue weighted by Crippen LogP contribution is 2.27. The Hall–Kier alpha value is -1.78. The number of hydrogen-bond acceptors (Lipinski definition) is 4. The molecule has 1 aliphatic rings. The maximum atomic E-state index is 10.7. The van der Waals surface area contributed by atoms with Crippen LogP contribution >= 0.6 is 0 Å². The van der Waals surface area contributed by atoms with Gasteiger partial charge in [-0.1, -0.05) is 0 Å². The van der Waals surface area contributed by atoms with Gasteiger partial charge in [-0.3, -0.25) is 0 Å². The highest BCUT2D eigenvalue weighted by molar-refractivity contribution is 5.96. The van der Waals surface area contributed by atoms with Crippen molar-refractivity contribution in [2.75, 3.05) is 11.1 Å². The molecular formula is C9H11N3O2. The lowest BCUT2D eigenvalue weighted by Crippen LogP contribution is -2.10. The van der Waals surface area contributed by atoms with E-state index in [1.807, 2.05) is 0 Å². The van der Waals surface area contributed by atoms with Gasteiger partial charge in [-0.15, -0.1) is 0 Å². The van der Waals surface area contributed by atoms with Crippen LogP contribution in [0.5, 0.6) is 0 Å². The van der Waals surface area contributed by atoms with Crippen LogP contribution in [0.15, 0.2) is 12.3 Å². The minimum atomic E-state index is -1.02. The zero-order chi connectivity index (χ0) is 10.1. The molecule has 0 radical (unpaired) electrons. The molecule has 1 aromatic rings. The Kier molecular flexibility index (Phi) is 1.99. The van der Waals surface area contributed by atoms with Crippen LogP contribution < -0.4 is 11.1 Å². The minimum Gasteiger partial charge on any atom is -0.478 e. The maximum absolute atomic E-state index is 10.7.